The Morgan fingerprint density at radius 1 is 0.422 bits per heavy atom. The third-order valence-electron chi connectivity index (χ3n) is 8.84. The van der Waals surface area contributed by atoms with Crippen molar-refractivity contribution in [1.29, 1.82) is 0 Å². The minimum absolute atomic E-state index is 0.840. The molecule has 216 valence electrons. The molecule has 4 aromatic heterocycles. The molecule has 0 fully saturated rings. The van der Waals surface area contributed by atoms with E-state index in [1.807, 2.05) is 0 Å². The van der Waals surface area contributed by atoms with Crippen LogP contribution in [0.2, 0.25) is 0 Å². The summed E-state index contributed by atoms with van der Waals surface area (Å²) in [6, 6.07) is 51.4. The fourth-order valence-corrected chi connectivity index (χ4v) is 6.64. The molecule has 0 saturated heterocycles. The number of fused-ring (bicyclic) bond motifs is 2. The Morgan fingerprint density at radius 2 is 0.800 bits per heavy atom. The topological polar surface area (TPSA) is 34.6 Å². The quantitative estimate of drug-likeness (QED) is 0.196. The molecular formula is C41H32N4. The van der Waals surface area contributed by atoms with E-state index in [-0.39, 0.29) is 0 Å². The van der Waals surface area contributed by atoms with E-state index >= 15 is 0 Å². The molecule has 0 amide bonds. The number of hydrogen-bond donors (Lipinski definition) is 0. The van der Waals surface area contributed by atoms with Crippen LogP contribution in [0.4, 0.5) is 0 Å². The Hall–Kier alpha value is -5.74. The zero-order chi connectivity index (χ0) is 30.4. The van der Waals surface area contributed by atoms with Gasteiger partial charge >= 0.3 is 0 Å². The van der Waals surface area contributed by atoms with Gasteiger partial charge in [-0.3, -0.25) is 8.80 Å². The lowest BCUT2D eigenvalue weighted by Gasteiger charge is -2.33. The van der Waals surface area contributed by atoms with Crippen LogP contribution < -0.4 is 0 Å². The Morgan fingerprint density at radius 3 is 1.20 bits per heavy atom. The summed E-state index contributed by atoms with van der Waals surface area (Å²) in [4.78, 5) is 11.2. The van der Waals surface area contributed by atoms with Gasteiger partial charge < -0.3 is 0 Å². The molecule has 0 unspecified atom stereocenters. The highest BCUT2D eigenvalue weighted by atomic mass is 15.1. The molecule has 0 aliphatic heterocycles. The molecule has 4 aromatic carbocycles. The Bertz CT molecular complexity index is 2090. The largest absolute Gasteiger partial charge is 0.299 e. The number of nitrogens with zero attached hydrogens (tertiary/aromatic N) is 4. The van der Waals surface area contributed by atoms with Crippen LogP contribution >= 0.6 is 0 Å². The van der Waals surface area contributed by atoms with Gasteiger partial charge in [0.15, 0.2) is 0 Å². The Labute approximate surface area is 262 Å². The van der Waals surface area contributed by atoms with Crippen molar-refractivity contribution < 1.29 is 0 Å². The molecule has 0 spiro atoms. The normalized spacial score (nSPS) is 11.8. The maximum atomic E-state index is 5.61. The summed E-state index contributed by atoms with van der Waals surface area (Å²) in [5, 5.41) is 0. The number of imidazole rings is 2. The average Bonchev–Trinajstić information content (AvgIpc) is 3.67. The van der Waals surface area contributed by atoms with Gasteiger partial charge in [-0.15, -0.1) is 0 Å². The lowest BCUT2D eigenvalue weighted by Crippen LogP contribution is -2.32. The summed E-state index contributed by atoms with van der Waals surface area (Å²) in [6.45, 7) is 4.23. The van der Waals surface area contributed by atoms with Crippen LogP contribution in [0.5, 0.6) is 0 Å². The Balaban J connectivity index is 1.55. The molecule has 0 aliphatic carbocycles. The summed E-state index contributed by atoms with van der Waals surface area (Å²) in [7, 11) is 0. The summed E-state index contributed by atoms with van der Waals surface area (Å²) in [5.74, 6) is 1.80. The molecule has 0 aliphatic rings. The lowest BCUT2D eigenvalue weighted by molar-refractivity contribution is 0.711. The molecule has 0 radical (unpaired) electrons. The van der Waals surface area contributed by atoms with E-state index in [0.717, 1.165) is 56.3 Å². The molecule has 0 bridgehead atoms. The van der Waals surface area contributed by atoms with Gasteiger partial charge in [0.1, 0.15) is 17.1 Å². The maximum Gasteiger partial charge on any atom is 0.144 e. The summed E-state index contributed by atoms with van der Waals surface area (Å²) < 4.78 is 4.44. The van der Waals surface area contributed by atoms with Crippen LogP contribution in [-0.4, -0.2) is 18.8 Å². The molecule has 0 N–H and O–H groups in total. The molecular weight excluding hydrogens is 548 g/mol. The molecule has 45 heavy (non-hydrogen) atoms. The van der Waals surface area contributed by atoms with Crippen LogP contribution in [0.15, 0.2) is 158 Å². The van der Waals surface area contributed by atoms with Crippen LogP contribution in [0, 0.1) is 13.8 Å². The SMILES string of the molecule is Cc1ccc(-c2nc(C(c3ccccc3)(c3ccccc3)c3nc(-c4ccc(C)cc4)n4ccccc34)c3ccccn23)cc1. The molecule has 0 saturated carbocycles. The van der Waals surface area contributed by atoms with E-state index < -0.39 is 5.41 Å². The van der Waals surface area contributed by atoms with Crippen molar-refractivity contribution in [3.63, 3.8) is 0 Å². The van der Waals surface area contributed by atoms with Crippen LogP contribution in [0.1, 0.15) is 33.6 Å². The van der Waals surface area contributed by atoms with Crippen molar-refractivity contribution >= 4 is 11.0 Å². The van der Waals surface area contributed by atoms with Gasteiger partial charge in [0, 0.05) is 23.5 Å². The van der Waals surface area contributed by atoms with E-state index in [0.29, 0.717) is 0 Å². The van der Waals surface area contributed by atoms with Crippen molar-refractivity contribution in [1.82, 2.24) is 18.8 Å². The highest BCUT2D eigenvalue weighted by Crippen LogP contribution is 2.48. The zero-order valence-electron chi connectivity index (χ0n) is 25.3. The third kappa shape index (κ3) is 4.29. The minimum Gasteiger partial charge on any atom is -0.299 e. The first-order valence-electron chi connectivity index (χ1n) is 15.3. The first-order valence-corrected chi connectivity index (χ1v) is 15.3. The average molecular weight is 581 g/mol. The van der Waals surface area contributed by atoms with Gasteiger partial charge in [-0.1, -0.05) is 132 Å². The Kier molecular flexibility index (Phi) is 6.42. The predicted molar refractivity (Wildman–Crippen MR) is 183 cm³/mol. The van der Waals surface area contributed by atoms with Crippen molar-refractivity contribution in [2.24, 2.45) is 0 Å². The maximum absolute atomic E-state index is 5.61. The smallest absolute Gasteiger partial charge is 0.144 e. The second kappa shape index (κ2) is 10.8. The number of aromatic nitrogens is 4. The van der Waals surface area contributed by atoms with Crippen molar-refractivity contribution in [2.75, 3.05) is 0 Å². The van der Waals surface area contributed by atoms with Crippen LogP contribution in [0.3, 0.4) is 0 Å². The molecule has 8 aromatic rings. The number of rotatable bonds is 6. The number of benzene rings is 4. The van der Waals surface area contributed by atoms with E-state index in [1.54, 1.807) is 0 Å². The van der Waals surface area contributed by atoms with E-state index in [2.05, 4.69) is 181 Å². The predicted octanol–water partition coefficient (Wildman–Crippen LogP) is 9.32. The van der Waals surface area contributed by atoms with E-state index in [9.17, 15) is 0 Å². The zero-order valence-corrected chi connectivity index (χ0v) is 25.3. The minimum atomic E-state index is -0.840. The molecule has 8 rings (SSSR count). The van der Waals surface area contributed by atoms with Gasteiger partial charge in [0.05, 0.1) is 22.4 Å². The van der Waals surface area contributed by atoms with Gasteiger partial charge in [-0.05, 0) is 49.2 Å². The van der Waals surface area contributed by atoms with Gasteiger partial charge in [0.2, 0.25) is 0 Å². The van der Waals surface area contributed by atoms with E-state index in [4.69, 9.17) is 9.97 Å². The molecule has 4 heteroatoms. The standard InChI is InChI=1S/C41H32N4/c1-29-19-23-31(24-20-29)39-42-37(35-17-9-11-27-44(35)39)41(33-13-5-3-6-14-33,34-15-7-4-8-16-34)38-36-18-10-12-28-45(36)40(43-38)32-25-21-30(2)22-26-32/h3-28H,1-2H3. The first-order chi connectivity index (χ1) is 22.1. The second-order valence-electron chi connectivity index (χ2n) is 11.7. The lowest BCUT2D eigenvalue weighted by atomic mass is 9.69. The number of hydrogen-bond acceptors (Lipinski definition) is 2. The molecule has 0 atom stereocenters. The highest BCUT2D eigenvalue weighted by Gasteiger charge is 2.45. The summed E-state index contributed by atoms with van der Waals surface area (Å²) in [6.07, 6.45) is 4.23. The van der Waals surface area contributed by atoms with Crippen molar-refractivity contribution in [2.45, 2.75) is 19.3 Å². The van der Waals surface area contributed by atoms with Crippen LogP contribution in [0.25, 0.3) is 33.8 Å². The third-order valence-corrected chi connectivity index (χ3v) is 8.84. The fourth-order valence-electron chi connectivity index (χ4n) is 6.64. The first kappa shape index (κ1) is 26.9. The van der Waals surface area contributed by atoms with Gasteiger partial charge in [-0.25, -0.2) is 9.97 Å². The van der Waals surface area contributed by atoms with Crippen molar-refractivity contribution in [3.8, 4) is 22.8 Å². The summed E-state index contributed by atoms with van der Waals surface area (Å²) >= 11 is 0. The number of aryl methyl sites for hydroxylation is 2. The van der Waals surface area contributed by atoms with Crippen molar-refractivity contribution in [3.05, 3.63) is 192 Å². The number of pyridine rings is 2. The van der Waals surface area contributed by atoms with Gasteiger partial charge in [0.25, 0.3) is 0 Å². The monoisotopic (exact) mass is 580 g/mol. The second-order valence-corrected chi connectivity index (χ2v) is 11.7. The molecule has 4 nitrogen and oxygen atoms in total. The molecule has 4 heterocycles. The summed E-state index contributed by atoms with van der Waals surface area (Å²) in [5.41, 5.74) is 9.90. The van der Waals surface area contributed by atoms with E-state index in [1.165, 1.54) is 11.1 Å². The van der Waals surface area contributed by atoms with Gasteiger partial charge in [-0.2, -0.15) is 0 Å². The van der Waals surface area contributed by atoms with Crippen LogP contribution in [-0.2, 0) is 5.41 Å². The highest BCUT2D eigenvalue weighted by molar-refractivity contribution is 5.78. The fraction of sp³-hybridized carbons (Fsp3) is 0.0732.